The highest BCUT2D eigenvalue weighted by Gasteiger charge is 2.30. The number of alkyl halides is 3. The number of pyridine rings is 2. The van der Waals surface area contributed by atoms with Gasteiger partial charge in [-0.2, -0.15) is 13.2 Å². The van der Waals surface area contributed by atoms with Crippen LogP contribution in [-0.2, 0) is 13.2 Å². The Morgan fingerprint density at radius 1 is 0.972 bits per heavy atom. The first-order valence-electron chi connectivity index (χ1n) is 10.9. The molecule has 0 saturated heterocycles. The van der Waals surface area contributed by atoms with Gasteiger partial charge in [-0.05, 0) is 48.5 Å². The number of aromatic nitrogens is 3. The van der Waals surface area contributed by atoms with Crippen LogP contribution >= 0.6 is 0 Å². The van der Waals surface area contributed by atoms with Crippen molar-refractivity contribution in [1.82, 2.24) is 14.5 Å². The number of aryl methyl sites for hydroxylation is 1. The number of hydrogen-bond donors (Lipinski definition) is 1. The molecule has 5 aromatic rings. The van der Waals surface area contributed by atoms with Gasteiger partial charge in [0.25, 0.3) is 5.91 Å². The molecule has 5 rings (SSSR count). The van der Waals surface area contributed by atoms with Gasteiger partial charge in [-0.1, -0.05) is 12.1 Å². The molecule has 3 heterocycles. The molecule has 0 unspecified atom stereocenters. The summed E-state index contributed by atoms with van der Waals surface area (Å²) in [5, 5.41) is 3.43. The van der Waals surface area contributed by atoms with Gasteiger partial charge in [0.2, 0.25) is 0 Å². The predicted octanol–water partition coefficient (Wildman–Crippen LogP) is 6.70. The second-order valence-corrected chi connectivity index (χ2v) is 8.07. The average Bonchev–Trinajstić information content (AvgIpc) is 3.25. The fourth-order valence-corrected chi connectivity index (χ4v) is 3.76. The number of benzene rings is 2. The lowest BCUT2D eigenvalue weighted by Gasteiger charge is -2.12. The van der Waals surface area contributed by atoms with E-state index in [4.69, 9.17) is 9.72 Å². The summed E-state index contributed by atoms with van der Waals surface area (Å²) in [5.41, 5.74) is 1.70. The fourth-order valence-electron chi connectivity index (χ4n) is 3.76. The van der Waals surface area contributed by atoms with Crippen molar-refractivity contribution in [3.05, 3.63) is 103 Å². The second kappa shape index (κ2) is 9.18. The van der Waals surface area contributed by atoms with Crippen molar-refractivity contribution < 1.29 is 22.7 Å². The normalized spacial score (nSPS) is 11.4. The Morgan fingerprint density at radius 3 is 2.53 bits per heavy atom. The van der Waals surface area contributed by atoms with Gasteiger partial charge in [-0.3, -0.25) is 9.78 Å². The Morgan fingerprint density at radius 2 is 1.75 bits per heavy atom. The van der Waals surface area contributed by atoms with E-state index in [-0.39, 0.29) is 5.56 Å². The summed E-state index contributed by atoms with van der Waals surface area (Å²) in [6.45, 7) is 0. The van der Waals surface area contributed by atoms with E-state index in [0.29, 0.717) is 22.9 Å². The number of fused-ring (bicyclic) bond motifs is 1. The van der Waals surface area contributed by atoms with E-state index in [9.17, 15) is 18.0 Å². The largest absolute Gasteiger partial charge is 0.456 e. The van der Waals surface area contributed by atoms with Crippen LogP contribution < -0.4 is 10.1 Å². The molecular formula is C27H19F3N4O2. The third kappa shape index (κ3) is 4.76. The maximum atomic E-state index is 13.0. The van der Waals surface area contributed by atoms with E-state index in [1.165, 1.54) is 12.1 Å². The van der Waals surface area contributed by atoms with Gasteiger partial charge in [0.15, 0.2) is 0 Å². The number of nitrogens with zero attached hydrogens (tertiary/aromatic N) is 3. The molecule has 1 N–H and O–H groups in total. The lowest BCUT2D eigenvalue weighted by molar-refractivity contribution is -0.137. The summed E-state index contributed by atoms with van der Waals surface area (Å²) < 4.78 is 47.1. The third-order valence-corrected chi connectivity index (χ3v) is 5.55. The van der Waals surface area contributed by atoms with E-state index in [1.807, 2.05) is 42.1 Å². The zero-order valence-corrected chi connectivity index (χ0v) is 19.0. The standard InChI is InChI=1S/C27H19F3N4O2/c1-34-13-10-22-24(16-23(33-25(22)34)17-8-11-31-12-9-17)36-21-7-3-6-20(15-21)32-26(35)18-4-2-5-19(14-18)27(28,29)30/h2-16H,1H3,(H,32,35). The highest BCUT2D eigenvalue weighted by atomic mass is 19.4. The number of anilines is 1. The van der Waals surface area contributed by atoms with Crippen LogP contribution in [0.3, 0.4) is 0 Å². The fraction of sp³-hybridized carbons (Fsp3) is 0.0741. The van der Waals surface area contributed by atoms with Gasteiger partial charge >= 0.3 is 6.18 Å². The molecule has 9 heteroatoms. The van der Waals surface area contributed by atoms with Crippen LogP contribution in [-0.4, -0.2) is 20.4 Å². The first-order chi connectivity index (χ1) is 17.3. The SMILES string of the molecule is Cn1ccc2c(Oc3cccc(NC(=O)c4cccc(C(F)(F)F)c4)c3)cc(-c3ccncc3)nc21. The summed E-state index contributed by atoms with van der Waals surface area (Å²) in [6.07, 6.45) is 0.714. The first-order valence-corrected chi connectivity index (χ1v) is 10.9. The van der Waals surface area contributed by atoms with Crippen molar-refractivity contribution >= 4 is 22.6 Å². The number of carbonyl (C=O) groups excluding carboxylic acids is 1. The monoisotopic (exact) mass is 488 g/mol. The summed E-state index contributed by atoms with van der Waals surface area (Å²) in [4.78, 5) is 21.4. The molecule has 0 fully saturated rings. The van der Waals surface area contributed by atoms with E-state index in [0.717, 1.165) is 28.7 Å². The average molecular weight is 488 g/mol. The number of nitrogens with one attached hydrogen (secondary N) is 1. The van der Waals surface area contributed by atoms with Crippen LogP contribution in [0.2, 0.25) is 0 Å². The van der Waals surface area contributed by atoms with E-state index in [1.54, 1.807) is 36.7 Å². The number of amides is 1. The Kier molecular flexibility index (Phi) is 5.89. The molecule has 180 valence electrons. The molecule has 0 aliphatic heterocycles. The molecular weight excluding hydrogens is 469 g/mol. The summed E-state index contributed by atoms with van der Waals surface area (Å²) in [5.74, 6) is 0.343. The number of carbonyl (C=O) groups is 1. The molecule has 2 aromatic carbocycles. The van der Waals surface area contributed by atoms with E-state index in [2.05, 4.69) is 10.3 Å². The van der Waals surface area contributed by atoms with Crippen LogP contribution in [0.15, 0.2) is 91.4 Å². The van der Waals surface area contributed by atoms with Gasteiger partial charge < -0.3 is 14.6 Å². The van der Waals surface area contributed by atoms with E-state index < -0.39 is 17.6 Å². The molecule has 3 aromatic heterocycles. The minimum atomic E-state index is -4.54. The van der Waals surface area contributed by atoms with Gasteiger partial charge in [-0.25, -0.2) is 4.98 Å². The number of ether oxygens (including phenoxy) is 1. The van der Waals surface area contributed by atoms with Crippen LogP contribution in [0, 0.1) is 0 Å². The number of halogens is 3. The molecule has 1 amide bonds. The Labute approximate surface area is 204 Å². The summed E-state index contributed by atoms with van der Waals surface area (Å²) in [7, 11) is 1.89. The molecule has 0 bridgehead atoms. The lowest BCUT2D eigenvalue weighted by atomic mass is 10.1. The molecule has 0 saturated carbocycles. The predicted molar refractivity (Wildman–Crippen MR) is 130 cm³/mol. The van der Waals surface area contributed by atoms with Crippen molar-refractivity contribution in [1.29, 1.82) is 0 Å². The van der Waals surface area contributed by atoms with Crippen molar-refractivity contribution in [3.8, 4) is 22.8 Å². The first kappa shape index (κ1) is 23.1. The van der Waals surface area contributed by atoms with Crippen molar-refractivity contribution in [2.75, 3.05) is 5.32 Å². The second-order valence-electron chi connectivity index (χ2n) is 8.07. The maximum absolute atomic E-state index is 13.0. The van der Waals surface area contributed by atoms with E-state index >= 15 is 0 Å². The smallest absolute Gasteiger partial charge is 0.416 e. The molecule has 0 atom stereocenters. The number of rotatable bonds is 5. The summed E-state index contributed by atoms with van der Waals surface area (Å²) >= 11 is 0. The van der Waals surface area contributed by atoms with Crippen molar-refractivity contribution in [2.24, 2.45) is 7.05 Å². The Hall–Kier alpha value is -4.66. The molecule has 6 nitrogen and oxygen atoms in total. The molecule has 0 aliphatic carbocycles. The highest BCUT2D eigenvalue weighted by molar-refractivity contribution is 6.04. The van der Waals surface area contributed by atoms with Crippen LogP contribution in [0.1, 0.15) is 15.9 Å². The molecule has 0 radical (unpaired) electrons. The van der Waals surface area contributed by atoms with Gasteiger partial charge in [0.1, 0.15) is 17.1 Å². The zero-order chi connectivity index (χ0) is 25.3. The van der Waals surface area contributed by atoms with Gasteiger partial charge in [0.05, 0.1) is 16.6 Å². The van der Waals surface area contributed by atoms with Crippen molar-refractivity contribution in [3.63, 3.8) is 0 Å². The quantitative estimate of drug-likeness (QED) is 0.299. The maximum Gasteiger partial charge on any atom is 0.416 e. The Bertz CT molecular complexity index is 1560. The van der Waals surface area contributed by atoms with Crippen LogP contribution in [0.25, 0.3) is 22.3 Å². The lowest BCUT2D eigenvalue weighted by Crippen LogP contribution is -2.13. The Balaban J connectivity index is 1.43. The van der Waals surface area contributed by atoms with Gasteiger partial charge in [0, 0.05) is 54.6 Å². The highest BCUT2D eigenvalue weighted by Crippen LogP contribution is 2.34. The minimum Gasteiger partial charge on any atom is -0.456 e. The third-order valence-electron chi connectivity index (χ3n) is 5.55. The summed E-state index contributed by atoms with van der Waals surface area (Å²) in [6, 6.07) is 18.3. The molecule has 36 heavy (non-hydrogen) atoms. The minimum absolute atomic E-state index is 0.0988. The van der Waals surface area contributed by atoms with Crippen LogP contribution in [0.4, 0.5) is 18.9 Å². The topological polar surface area (TPSA) is 69.0 Å². The van der Waals surface area contributed by atoms with Crippen molar-refractivity contribution in [2.45, 2.75) is 6.18 Å². The molecule has 0 spiro atoms. The zero-order valence-electron chi connectivity index (χ0n) is 19.0. The van der Waals surface area contributed by atoms with Gasteiger partial charge in [-0.15, -0.1) is 0 Å². The number of hydrogen-bond acceptors (Lipinski definition) is 4. The molecule has 0 aliphatic rings. The van der Waals surface area contributed by atoms with Crippen LogP contribution in [0.5, 0.6) is 11.5 Å².